The first-order valence-corrected chi connectivity index (χ1v) is 10.6. The standard InChI is InChI=1S/C22H28ClFO4/c1-12-8-16-15-5-4-13-9-14(25)6-7-19(13,2)21(15,24)17(26)10-20(16,3)22(12,28)18(27)11-23/h6-7,9,12,15-17,26,28H,4-5,8,10-11H2,1-3H3/t12-,15?,16?,17-,19-,20-,21-,22-/m0/s1. The first-order valence-electron chi connectivity index (χ1n) is 10.1. The number of halogens is 2. The van der Waals surface area contributed by atoms with Gasteiger partial charge in [-0.1, -0.05) is 25.5 Å². The Morgan fingerprint density at radius 1 is 1.36 bits per heavy atom. The molecular formula is C22H28ClFO4. The average Bonchev–Trinajstić information content (AvgIpc) is 2.84. The van der Waals surface area contributed by atoms with E-state index >= 15 is 4.39 Å². The summed E-state index contributed by atoms with van der Waals surface area (Å²) >= 11 is 5.81. The lowest BCUT2D eigenvalue weighted by Gasteiger charge is -2.62. The van der Waals surface area contributed by atoms with Crippen molar-refractivity contribution >= 4 is 23.2 Å². The Hall–Kier alpha value is -1.04. The van der Waals surface area contributed by atoms with Crippen molar-refractivity contribution < 1.29 is 24.2 Å². The van der Waals surface area contributed by atoms with Gasteiger partial charge in [0.2, 0.25) is 0 Å². The number of carbonyl (C=O) groups is 2. The van der Waals surface area contributed by atoms with Crippen LogP contribution in [0.2, 0.25) is 0 Å². The minimum Gasteiger partial charge on any atom is -0.390 e. The Balaban J connectivity index is 1.84. The van der Waals surface area contributed by atoms with Gasteiger partial charge in [-0.05, 0) is 56.6 Å². The molecule has 0 saturated heterocycles. The molecule has 0 heterocycles. The monoisotopic (exact) mass is 410 g/mol. The van der Waals surface area contributed by atoms with E-state index in [1.165, 1.54) is 12.2 Å². The highest BCUT2D eigenvalue weighted by Gasteiger charge is 2.75. The van der Waals surface area contributed by atoms with E-state index in [0.717, 1.165) is 5.57 Å². The highest BCUT2D eigenvalue weighted by atomic mass is 35.5. The molecule has 3 fully saturated rings. The number of Topliss-reactive ketones (excluding diaryl/α,β-unsaturated/α-hetero) is 1. The van der Waals surface area contributed by atoms with Crippen molar-refractivity contribution in [2.45, 2.75) is 63.8 Å². The molecule has 0 aromatic heterocycles. The third-order valence-electron chi connectivity index (χ3n) is 8.77. The molecule has 0 spiro atoms. The molecule has 154 valence electrons. The Kier molecular flexibility index (Phi) is 4.33. The second-order valence-electron chi connectivity index (χ2n) is 9.72. The van der Waals surface area contributed by atoms with Gasteiger partial charge in [-0.2, -0.15) is 0 Å². The molecule has 4 aliphatic carbocycles. The van der Waals surface area contributed by atoms with Crippen molar-refractivity contribution in [3.8, 4) is 0 Å². The second-order valence-corrected chi connectivity index (χ2v) is 9.99. The fraction of sp³-hybridized carbons (Fsp3) is 0.727. The molecule has 0 aromatic rings. The number of carbonyl (C=O) groups excluding carboxylic acids is 2. The molecule has 28 heavy (non-hydrogen) atoms. The molecular weight excluding hydrogens is 383 g/mol. The van der Waals surface area contributed by atoms with E-state index in [1.54, 1.807) is 13.0 Å². The van der Waals surface area contributed by atoms with Gasteiger partial charge in [-0.3, -0.25) is 9.59 Å². The van der Waals surface area contributed by atoms with E-state index in [2.05, 4.69) is 0 Å². The van der Waals surface area contributed by atoms with E-state index < -0.39 is 39.9 Å². The highest BCUT2D eigenvalue weighted by molar-refractivity contribution is 6.29. The third-order valence-corrected chi connectivity index (χ3v) is 9.01. The number of hydrogen-bond donors (Lipinski definition) is 2. The van der Waals surface area contributed by atoms with Gasteiger partial charge in [-0.15, -0.1) is 11.6 Å². The van der Waals surface area contributed by atoms with Crippen LogP contribution in [0.1, 0.15) is 46.5 Å². The topological polar surface area (TPSA) is 74.6 Å². The maximum atomic E-state index is 16.9. The summed E-state index contributed by atoms with van der Waals surface area (Å²) in [6.07, 6.45) is 4.69. The van der Waals surface area contributed by atoms with E-state index in [-0.39, 0.29) is 29.9 Å². The van der Waals surface area contributed by atoms with Crippen LogP contribution in [-0.4, -0.2) is 45.0 Å². The summed E-state index contributed by atoms with van der Waals surface area (Å²) in [5, 5.41) is 22.6. The smallest absolute Gasteiger partial charge is 0.179 e. The molecule has 6 heteroatoms. The van der Waals surface area contributed by atoms with Crippen molar-refractivity contribution in [1.29, 1.82) is 0 Å². The van der Waals surface area contributed by atoms with Crippen molar-refractivity contribution in [3.63, 3.8) is 0 Å². The lowest BCUT2D eigenvalue weighted by atomic mass is 9.44. The van der Waals surface area contributed by atoms with Crippen LogP contribution in [0.15, 0.2) is 23.8 Å². The molecule has 4 aliphatic rings. The normalized spacial score (nSPS) is 52.5. The zero-order chi connectivity index (χ0) is 20.7. The second kappa shape index (κ2) is 5.99. The SMILES string of the molecule is C[C@H]1CC2C3CCC4=CC(=O)C=C[C@]4(C)[C@@]3(F)[C@@H](O)C[C@]2(C)[C@@]1(O)C(=O)CCl. The van der Waals surface area contributed by atoms with Crippen LogP contribution in [0, 0.1) is 28.6 Å². The quantitative estimate of drug-likeness (QED) is 0.686. The Morgan fingerprint density at radius 2 is 2.04 bits per heavy atom. The van der Waals surface area contributed by atoms with Gasteiger partial charge in [0.1, 0.15) is 5.60 Å². The van der Waals surface area contributed by atoms with Gasteiger partial charge in [0.25, 0.3) is 0 Å². The molecule has 0 amide bonds. The van der Waals surface area contributed by atoms with Crippen molar-refractivity contribution in [1.82, 2.24) is 0 Å². The van der Waals surface area contributed by atoms with E-state index in [1.807, 2.05) is 13.8 Å². The van der Waals surface area contributed by atoms with Crippen molar-refractivity contribution in [2.75, 3.05) is 5.88 Å². The lowest BCUT2D eigenvalue weighted by Crippen LogP contribution is -2.69. The highest BCUT2D eigenvalue weighted by Crippen LogP contribution is 2.70. The number of rotatable bonds is 2. The molecule has 4 rings (SSSR count). The molecule has 0 aliphatic heterocycles. The predicted octanol–water partition coefficient (Wildman–Crippen LogP) is 3.14. The summed E-state index contributed by atoms with van der Waals surface area (Å²) in [6.45, 7) is 5.38. The van der Waals surface area contributed by atoms with Gasteiger partial charge in [0.15, 0.2) is 17.2 Å². The van der Waals surface area contributed by atoms with Crippen LogP contribution in [-0.2, 0) is 9.59 Å². The molecule has 0 bridgehead atoms. The summed E-state index contributed by atoms with van der Waals surface area (Å²) in [5.41, 5.74) is -4.90. The zero-order valence-corrected chi connectivity index (χ0v) is 17.3. The average molecular weight is 411 g/mol. The third kappa shape index (κ3) is 2.08. The Bertz CT molecular complexity index is 808. The lowest BCUT2D eigenvalue weighted by molar-refractivity contribution is -0.218. The molecule has 8 atom stereocenters. The first-order chi connectivity index (χ1) is 13.0. The molecule has 0 aromatic carbocycles. The number of allylic oxidation sites excluding steroid dienone is 4. The van der Waals surface area contributed by atoms with Crippen LogP contribution in [0.4, 0.5) is 4.39 Å². The molecule has 2 unspecified atom stereocenters. The van der Waals surface area contributed by atoms with Crippen molar-refractivity contribution in [2.24, 2.45) is 28.6 Å². The van der Waals surface area contributed by atoms with Gasteiger partial charge < -0.3 is 10.2 Å². The Morgan fingerprint density at radius 3 is 2.68 bits per heavy atom. The largest absolute Gasteiger partial charge is 0.390 e. The minimum absolute atomic E-state index is 0.0151. The van der Waals surface area contributed by atoms with E-state index in [9.17, 15) is 19.8 Å². The van der Waals surface area contributed by atoms with E-state index in [0.29, 0.717) is 19.3 Å². The summed E-state index contributed by atoms with van der Waals surface area (Å²) in [7, 11) is 0. The first kappa shape index (κ1) is 20.2. The summed E-state index contributed by atoms with van der Waals surface area (Å²) < 4.78 is 16.9. The molecule has 0 radical (unpaired) electrons. The van der Waals surface area contributed by atoms with Gasteiger partial charge in [-0.25, -0.2) is 4.39 Å². The van der Waals surface area contributed by atoms with Crippen LogP contribution < -0.4 is 0 Å². The number of aliphatic hydroxyl groups excluding tert-OH is 1. The van der Waals surface area contributed by atoms with Gasteiger partial charge >= 0.3 is 0 Å². The number of aliphatic hydroxyl groups is 2. The molecule has 2 N–H and O–H groups in total. The molecule has 4 nitrogen and oxygen atoms in total. The Labute approximate surface area is 169 Å². The fourth-order valence-electron chi connectivity index (χ4n) is 7.24. The van der Waals surface area contributed by atoms with Gasteiger partial charge in [0.05, 0.1) is 12.0 Å². The summed E-state index contributed by atoms with van der Waals surface area (Å²) in [4.78, 5) is 24.5. The van der Waals surface area contributed by atoms with Crippen LogP contribution in [0.5, 0.6) is 0 Å². The maximum Gasteiger partial charge on any atom is 0.179 e. The van der Waals surface area contributed by atoms with Crippen LogP contribution in [0.3, 0.4) is 0 Å². The summed E-state index contributed by atoms with van der Waals surface area (Å²) in [6, 6.07) is 0. The van der Waals surface area contributed by atoms with E-state index in [4.69, 9.17) is 11.6 Å². The number of fused-ring (bicyclic) bond motifs is 5. The number of ketones is 2. The van der Waals surface area contributed by atoms with Crippen LogP contribution in [0.25, 0.3) is 0 Å². The predicted molar refractivity (Wildman–Crippen MR) is 104 cm³/mol. The van der Waals surface area contributed by atoms with Gasteiger partial charge in [0, 0.05) is 16.7 Å². The fourth-order valence-corrected chi connectivity index (χ4v) is 7.45. The summed E-state index contributed by atoms with van der Waals surface area (Å²) in [5.74, 6) is -2.03. The number of alkyl halides is 2. The van der Waals surface area contributed by atoms with Crippen LogP contribution >= 0.6 is 11.6 Å². The maximum absolute atomic E-state index is 16.9. The molecule has 3 saturated carbocycles. The zero-order valence-electron chi connectivity index (χ0n) is 16.5. The number of hydrogen-bond acceptors (Lipinski definition) is 4. The van der Waals surface area contributed by atoms with Crippen molar-refractivity contribution in [3.05, 3.63) is 23.8 Å². The minimum atomic E-state index is -1.95.